The van der Waals surface area contributed by atoms with Crippen LogP contribution in [0.2, 0.25) is 5.02 Å². The Morgan fingerprint density at radius 1 is 1.12 bits per heavy atom. The third-order valence-corrected chi connectivity index (χ3v) is 6.08. The van der Waals surface area contributed by atoms with Gasteiger partial charge in [-0.1, -0.05) is 29.8 Å². The number of aromatic nitrogens is 3. The first-order chi connectivity index (χ1) is 16.6. The van der Waals surface area contributed by atoms with Gasteiger partial charge in [-0.15, -0.1) is 0 Å². The Labute approximate surface area is 201 Å². The van der Waals surface area contributed by atoms with E-state index in [2.05, 4.69) is 32.0 Å². The summed E-state index contributed by atoms with van der Waals surface area (Å²) < 4.78 is 11.3. The normalized spacial score (nSPS) is 13.9. The first-order valence-electron chi connectivity index (χ1n) is 11.1. The molecule has 0 unspecified atom stereocenters. The van der Waals surface area contributed by atoms with Crippen LogP contribution in [0.15, 0.2) is 48.5 Å². The van der Waals surface area contributed by atoms with Crippen LogP contribution in [0.4, 0.5) is 5.69 Å². The topological polar surface area (TPSA) is 106 Å². The summed E-state index contributed by atoms with van der Waals surface area (Å²) in [4.78, 5) is 25.9. The van der Waals surface area contributed by atoms with Crippen molar-refractivity contribution in [2.24, 2.45) is 5.73 Å². The Bertz CT molecular complexity index is 1320. The number of aromatic amines is 1. The lowest BCUT2D eigenvalue weighted by Gasteiger charge is -2.28. The van der Waals surface area contributed by atoms with Gasteiger partial charge in [-0.2, -0.15) is 4.98 Å². The molecule has 0 radical (unpaired) electrons. The number of H-pyrrole nitrogens is 1. The first-order valence-corrected chi connectivity index (χ1v) is 11.5. The van der Waals surface area contributed by atoms with Gasteiger partial charge in [0.1, 0.15) is 12.0 Å². The van der Waals surface area contributed by atoms with E-state index < -0.39 is 0 Å². The van der Waals surface area contributed by atoms with Gasteiger partial charge in [-0.05, 0) is 48.9 Å². The van der Waals surface area contributed by atoms with Crippen LogP contribution < -0.4 is 15.4 Å². The molecule has 8 nitrogen and oxygen atoms in total. The highest BCUT2D eigenvalue weighted by Crippen LogP contribution is 2.32. The van der Waals surface area contributed by atoms with Gasteiger partial charge in [0.25, 0.3) is 0 Å². The zero-order valence-corrected chi connectivity index (χ0v) is 19.2. The number of carbonyl (C=O) groups excluding carboxylic acids is 1. The molecule has 0 aliphatic carbocycles. The molecule has 34 heavy (non-hydrogen) atoms. The van der Waals surface area contributed by atoms with Gasteiger partial charge in [0.15, 0.2) is 5.65 Å². The molecule has 174 valence electrons. The summed E-state index contributed by atoms with van der Waals surface area (Å²) in [6.45, 7) is 3.71. The molecule has 1 saturated heterocycles. The molecule has 4 aromatic rings. The monoisotopic (exact) mass is 477 g/mol. The average molecular weight is 478 g/mol. The second-order valence-electron chi connectivity index (χ2n) is 8.00. The predicted octanol–water partition coefficient (Wildman–Crippen LogP) is 4.22. The number of aldehydes is 1. The Kier molecular flexibility index (Phi) is 6.44. The third kappa shape index (κ3) is 4.61. The van der Waals surface area contributed by atoms with E-state index in [1.165, 1.54) is 0 Å². The van der Waals surface area contributed by atoms with Gasteiger partial charge >= 0.3 is 6.01 Å². The fourth-order valence-electron chi connectivity index (χ4n) is 4.04. The van der Waals surface area contributed by atoms with Crippen molar-refractivity contribution in [2.45, 2.75) is 6.42 Å². The molecule has 0 bridgehead atoms. The number of ether oxygens (including phenoxy) is 2. The molecule has 3 heterocycles. The van der Waals surface area contributed by atoms with E-state index in [0.29, 0.717) is 46.2 Å². The Morgan fingerprint density at radius 2 is 1.91 bits per heavy atom. The van der Waals surface area contributed by atoms with Crippen LogP contribution in [-0.2, 0) is 11.2 Å². The number of fused-ring (bicyclic) bond motifs is 1. The van der Waals surface area contributed by atoms with Crippen LogP contribution >= 0.6 is 11.6 Å². The van der Waals surface area contributed by atoms with Crippen LogP contribution in [0.25, 0.3) is 22.4 Å². The van der Waals surface area contributed by atoms with Crippen molar-refractivity contribution >= 4 is 34.7 Å². The summed E-state index contributed by atoms with van der Waals surface area (Å²) in [5.74, 6) is 0.493. The summed E-state index contributed by atoms with van der Waals surface area (Å²) in [6.07, 6.45) is 1.42. The minimum atomic E-state index is 0.266. The molecule has 9 heteroatoms. The lowest BCUT2D eigenvalue weighted by atomic mass is 10.1. The maximum Gasteiger partial charge on any atom is 0.301 e. The zero-order chi connectivity index (χ0) is 23.5. The standard InChI is InChI=1S/C25H24ClN5O3/c26-21-14-22-24(29-23(21)17-1-4-19(5-2-17)31-9-11-33-12-10-31)30-25(28-22)34-20-6-3-16(7-8-27)18(13-20)15-32/h1-6,13-15H,7-12,27H2,(H,28,29,30). The van der Waals surface area contributed by atoms with Crippen LogP contribution in [0, 0.1) is 0 Å². The van der Waals surface area contributed by atoms with Crippen LogP contribution in [0.1, 0.15) is 15.9 Å². The van der Waals surface area contributed by atoms with Crippen LogP contribution in [0.3, 0.4) is 0 Å². The van der Waals surface area contributed by atoms with Crippen molar-refractivity contribution in [3.05, 3.63) is 64.7 Å². The van der Waals surface area contributed by atoms with Gasteiger partial charge in [0.2, 0.25) is 0 Å². The summed E-state index contributed by atoms with van der Waals surface area (Å²) in [7, 11) is 0. The number of nitrogens with zero attached hydrogens (tertiary/aromatic N) is 3. The molecule has 0 spiro atoms. The van der Waals surface area contributed by atoms with E-state index in [4.69, 9.17) is 26.8 Å². The quantitative estimate of drug-likeness (QED) is 0.384. The number of benzene rings is 2. The fourth-order valence-corrected chi connectivity index (χ4v) is 4.30. The number of halogens is 1. The molecule has 2 aromatic heterocycles. The molecule has 1 aliphatic heterocycles. The number of hydrogen-bond acceptors (Lipinski definition) is 7. The first kappa shape index (κ1) is 22.3. The lowest BCUT2D eigenvalue weighted by Crippen LogP contribution is -2.36. The van der Waals surface area contributed by atoms with E-state index >= 15 is 0 Å². The third-order valence-electron chi connectivity index (χ3n) is 5.79. The van der Waals surface area contributed by atoms with Crippen molar-refractivity contribution in [2.75, 3.05) is 37.7 Å². The van der Waals surface area contributed by atoms with E-state index in [-0.39, 0.29) is 6.01 Å². The molecule has 1 fully saturated rings. The Balaban J connectivity index is 1.39. The van der Waals surface area contributed by atoms with Crippen molar-refractivity contribution in [1.82, 2.24) is 15.0 Å². The van der Waals surface area contributed by atoms with Gasteiger partial charge in [-0.3, -0.25) is 4.79 Å². The van der Waals surface area contributed by atoms with E-state index in [9.17, 15) is 4.79 Å². The number of rotatable bonds is 7. The molecule has 3 N–H and O–H groups in total. The number of morpholine rings is 1. The second-order valence-corrected chi connectivity index (χ2v) is 8.40. The summed E-state index contributed by atoms with van der Waals surface area (Å²) in [6, 6.07) is 15.5. The fraction of sp³-hybridized carbons (Fsp3) is 0.240. The highest BCUT2D eigenvalue weighted by molar-refractivity contribution is 6.33. The minimum Gasteiger partial charge on any atom is -0.426 e. The number of nitrogens with two attached hydrogens (primary N) is 1. The predicted molar refractivity (Wildman–Crippen MR) is 132 cm³/mol. The number of hydrogen-bond donors (Lipinski definition) is 2. The van der Waals surface area contributed by atoms with Gasteiger partial charge in [0.05, 0.1) is 29.4 Å². The average Bonchev–Trinajstić information content (AvgIpc) is 3.26. The molecule has 5 rings (SSSR count). The van der Waals surface area contributed by atoms with Gasteiger partial charge in [-0.25, -0.2) is 4.98 Å². The highest BCUT2D eigenvalue weighted by atomic mass is 35.5. The number of imidazole rings is 1. The van der Waals surface area contributed by atoms with Crippen molar-refractivity contribution in [3.63, 3.8) is 0 Å². The Morgan fingerprint density at radius 3 is 2.65 bits per heavy atom. The molecule has 0 amide bonds. The summed E-state index contributed by atoms with van der Waals surface area (Å²) >= 11 is 6.56. The minimum absolute atomic E-state index is 0.266. The molecule has 0 atom stereocenters. The molecular formula is C25H24ClN5O3. The maximum absolute atomic E-state index is 11.4. The number of anilines is 1. The molecule has 0 saturated carbocycles. The summed E-state index contributed by atoms with van der Waals surface area (Å²) in [5.41, 5.74) is 10.9. The van der Waals surface area contributed by atoms with Crippen molar-refractivity contribution < 1.29 is 14.3 Å². The molecule has 2 aromatic carbocycles. The molecular weight excluding hydrogens is 454 g/mol. The largest absolute Gasteiger partial charge is 0.426 e. The lowest BCUT2D eigenvalue weighted by molar-refractivity contribution is 0.112. The van der Waals surface area contributed by atoms with Crippen molar-refractivity contribution in [3.8, 4) is 23.0 Å². The maximum atomic E-state index is 11.4. The van der Waals surface area contributed by atoms with Crippen LogP contribution in [-0.4, -0.2) is 54.1 Å². The smallest absolute Gasteiger partial charge is 0.301 e. The highest BCUT2D eigenvalue weighted by Gasteiger charge is 2.15. The second kappa shape index (κ2) is 9.80. The molecule has 1 aliphatic rings. The summed E-state index contributed by atoms with van der Waals surface area (Å²) in [5, 5.41) is 0.510. The van der Waals surface area contributed by atoms with Crippen LogP contribution in [0.5, 0.6) is 11.8 Å². The Hall–Kier alpha value is -3.46. The van der Waals surface area contributed by atoms with Gasteiger partial charge < -0.3 is 25.1 Å². The van der Waals surface area contributed by atoms with E-state index in [1.807, 2.05) is 18.2 Å². The van der Waals surface area contributed by atoms with Gasteiger partial charge in [0, 0.05) is 29.9 Å². The SMILES string of the molecule is NCCc1ccc(Oc2nc3nc(-c4ccc(N5CCOCC5)cc4)c(Cl)cc3[nH]2)cc1C=O. The number of carbonyl (C=O) groups is 1. The van der Waals surface area contributed by atoms with E-state index in [0.717, 1.165) is 49.4 Å². The number of nitrogens with one attached hydrogen (secondary N) is 1. The number of pyridine rings is 1. The van der Waals surface area contributed by atoms with Crippen molar-refractivity contribution in [1.29, 1.82) is 0 Å². The zero-order valence-electron chi connectivity index (χ0n) is 18.5. The van der Waals surface area contributed by atoms with E-state index in [1.54, 1.807) is 18.2 Å².